The molecule has 0 heterocycles. The van der Waals surface area contributed by atoms with Crippen LogP contribution in [-0.4, -0.2) is 47.4 Å². The predicted molar refractivity (Wildman–Crippen MR) is 273 cm³/mol. The van der Waals surface area contributed by atoms with E-state index in [9.17, 15) is 19.8 Å². The molecule has 1 amide bonds. The second kappa shape index (κ2) is 53.0. The summed E-state index contributed by atoms with van der Waals surface area (Å²) in [4.78, 5) is 24.5. The van der Waals surface area contributed by atoms with E-state index in [-0.39, 0.29) is 18.5 Å². The Labute approximate surface area is 392 Å². The smallest absolute Gasteiger partial charge is 0.305 e. The number of aliphatic hydroxyl groups excluding tert-OH is 2. The van der Waals surface area contributed by atoms with E-state index < -0.39 is 12.1 Å². The van der Waals surface area contributed by atoms with Crippen molar-refractivity contribution >= 4 is 11.9 Å². The van der Waals surface area contributed by atoms with Crippen LogP contribution in [0.5, 0.6) is 0 Å². The van der Waals surface area contributed by atoms with Crippen molar-refractivity contribution in [2.45, 2.75) is 315 Å². The van der Waals surface area contributed by atoms with Crippen molar-refractivity contribution in [1.29, 1.82) is 0 Å². The SMILES string of the molecule is CCCCCCCC/C=C\CCCCCCCCCCCC(=O)OCCCCCCCCCCCCCC(=O)NC(CO)C(O)/C=C/CCCCCCCCCCCCCCCC. The molecule has 0 aliphatic carbocycles. The summed E-state index contributed by atoms with van der Waals surface area (Å²) in [6.07, 6.45) is 63.3. The zero-order valence-electron chi connectivity index (χ0n) is 42.3. The van der Waals surface area contributed by atoms with Crippen molar-refractivity contribution < 1.29 is 24.5 Å². The van der Waals surface area contributed by atoms with Gasteiger partial charge in [0, 0.05) is 12.8 Å². The standard InChI is InChI=1S/C57H109NO5/c1-3-5-7-9-11-13-15-17-19-21-22-23-25-27-31-35-39-43-47-51-57(62)63-52-48-44-40-36-32-28-30-34-38-42-46-50-56(61)58-54(53-59)55(60)49-45-41-37-33-29-26-24-20-18-16-14-12-10-8-6-4-2/h17,19,45,49,54-55,59-60H,3-16,18,20-44,46-48,50-53H2,1-2H3,(H,58,61)/b19-17-,49-45+. The first-order valence-electron chi connectivity index (χ1n) is 28.1. The first kappa shape index (κ1) is 61.3. The van der Waals surface area contributed by atoms with Crippen LogP contribution in [0.15, 0.2) is 24.3 Å². The zero-order chi connectivity index (χ0) is 45.8. The van der Waals surface area contributed by atoms with Crippen molar-refractivity contribution in [2.24, 2.45) is 0 Å². The molecule has 3 N–H and O–H groups in total. The number of allylic oxidation sites excluding steroid dienone is 3. The summed E-state index contributed by atoms with van der Waals surface area (Å²) in [6, 6.07) is -0.642. The first-order chi connectivity index (χ1) is 31.0. The molecule has 0 aromatic heterocycles. The molecule has 0 aromatic rings. The first-order valence-corrected chi connectivity index (χ1v) is 28.1. The molecule has 372 valence electrons. The average molecular weight is 889 g/mol. The molecular weight excluding hydrogens is 779 g/mol. The molecule has 63 heavy (non-hydrogen) atoms. The van der Waals surface area contributed by atoms with Crippen molar-refractivity contribution in [1.82, 2.24) is 5.32 Å². The average Bonchev–Trinajstić information content (AvgIpc) is 3.28. The van der Waals surface area contributed by atoms with Gasteiger partial charge < -0.3 is 20.3 Å². The number of hydrogen-bond acceptors (Lipinski definition) is 5. The Morgan fingerprint density at radius 2 is 0.746 bits per heavy atom. The molecule has 0 radical (unpaired) electrons. The highest BCUT2D eigenvalue weighted by atomic mass is 16.5. The predicted octanol–water partition coefficient (Wildman–Crippen LogP) is 17.1. The lowest BCUT2D eigenvalue weighted by Crippen LogP contribution is -2.45. The molecule has 2 atom stereocenters. The van der Waals surface area contributed by atoms with E-state index in [1.807, 2.05) is 6.08 Å². The summed E-state index contributed by atoms with van der Waals surface area (Å²) in [6.45, 7) is 4.87. The van der Waals surface area contributed by atoms with Crippen LogP contribution in [0.4, 0.5) is 0 Å². The third kappa shape index (κ3) is 49.6. The lowest BCUT2D eigenvalue weighted by molar-refractivity contribution is -0.143. The van der Waals surface area contributed by atoms with Gasteiger partial charge in [-0.2, -0.15) is 0 Å². The van der Waals surface area contributed by atoms with E-state index in [0.29, 0.717) is 19.4 Å². The summed E-state index contributed by atoms with van der Waals surface area (Å²) in [7, 11) is 0. The Bertz CT molecular complexity index is 982. The van der Waals surface area contributed by atoms with Gasteiger partial charge in [-0.1, -0.05) is 256 Å². The van der Waals surface area contributed by atoms with Gasteiger partial charge in [-0.05, 0) is 57.8 Å². The maximum atomic E-state index is 12.4. The van der Waals surface area contributed by atoms with Crippen molar-refractivity contribution in [2.75, 3.05) is 13.2 Å². The number of hydrogen-bond donors (Lipinski definition) is 3. The highest BCUT2D eigenvalue weighted by Gasteiger charge is 2.18. The van der Waals surface area contributed by atoms with Gasteiger partial charge in [-0.25, -0.2) is 0 Å². The maximum absolute atomic E-state index is 12.4. The fourth-order valence-corrected chi connectivity index (χ4v) is 8.63. The van der Waals surface area contributed by atoms with Crippen LogP contribution >= 0.6 is 0 Å². The molecule has 6 heteroatoms. The molecule has 0 aliphatic rings. The number of rotatable bonds is 52. The van der Waals surface area contributed by atoms with Crippen LogP contribution in [0, 0.1) is 0 Å². The van der Waals surface area contributed by atoms with Gasteiger partial charge in [-0.15, -0.1) is 0 Å². The zero-order valence-corrected chi connectivity index (χ0v) is 42.3. The number of amides is 1. The fraction of sp³-hybridized carbons (Fsp3) is 0.895. The summed E-state index contributed by atoms with van der Waals surface area (Å²) in [5, 5.41) is 23.1. The lowest BCUT2D eigenvalue weighted by Gasteiger charge is -2.20. The molecule has 0 aliphatic heterocycles. The molecule has 2 unspecified atom stereocenters. The van der Waals surface area contributed by atoms with Crippen LogP contribution < -0.4 is 5.32 Å². The third-order valence-electron chi connectivity index (χ3n) is 13.0. The van der Waals surface area contributed by atoms with E-state index >= 15 is 0 Å². The number of ether oxygens (including phenoxy) is 1. The van der Waals surface area contributed by atoms with Gasteiger partial charge in [0.1, 0.15) is 0 Å². The van der Waals surface area contributed by atoms with Crippen LogP contribution in [0.1, 0.15) is 303 Å². The summed E-state index contributed by atoms with van der Waals surface area (Å²) < 4.78 is 5.48. The Balaban J connectivity index is 3.48. The normalized spacial score (nSPS) is 12.8. The number of carbonyl (C=O) groups excluding carboxylic acids is 2. The van der Waals surface area contributed by atoms with Crippen molar-refractivity contribution in [3.05, 3.63) is 24.3 Å². The molecule has 0 saturated heterocycles. The van der Waals surface area contributed by atoms with Crippen LogP contribution in [0.3, 0.4) is 0 Å². The van der Waals surface area contributed by atoms with E-state index in [1.165, 1.54) is 218 Å². The summed E-state index contributed by atoms with van der Waals surface area (Å²) in [5.41, 5.74) is 0. The highest BCUT2D eigenvalue weighted by molar-refractivity contribution is 5.76. The van der Waals surface area contributed by atoms with Gasteiger partial charge in [-0.3, -0.25) is 9.59 Å². The van der Waals surface area contributed by atoms with E-state index in [0.717, 1.165) is 57.8 Å². The molecule has 0 aromatic carbocycles. The molecule has 0 fully saturated rings. The molecular formula is C57H109NO5. The molecule has 0 rings (SSSR count). The lowest BCUT2D eigenvalue weighted by atomic mass is 10.0. The van der Waals surface area contributed by atoms with Crippen molar-refractivity contribution in [3.8, 4) is 0 Å². The van der Waals surface area contributed by atoms with E-state index in [4.69, 9.17) is 4.74 Å². The second-order valence-corrected chi connectivity index (χ2v) is 19.3. The molecule has 0 bridgehead atoms. The number of nitrogens with one attached hydrogen (secondary N) is 1. The number of unbranched alkanes of at least 4 members (excludes halogenated alkanes) is 39. The number of aliphatic hydroxyl groups is 2. The summed E-state index contributed by atoms with van der Waals surface area (Å²) in [5.74, 6) is -0.101. The topological polar surface area (TPSA) is 95.9 Å². The van der Waals surface area contributed by atoms with Crippen LogP contribution in [-0.2, 0) is 14.3 Å². The highest BCUT2D eigenvalue weighted by Crippen LogP contribution is 2.16. The van der Waals surface area contributed by atoms with Gasteiger partial charge in [0.25, 0.3) is 0 Å². The third-order valence-corrected chi connectivity index (χ3v) is 13.0. The van der Waals surface area contributed by atoms with Gasteiger partial charge >= 0.3 is 5.97 Å². The summed E-state index contributed by atoms with van der Waals surface area (Å²) >= 11 is 0. The number of carbonyl (C=O) groups is 2. The van der Waals surface area contributed by atoms with Gasteiger partial charge in [0.05, 0.1) is 25.4 Å². The van der Waals surface area contributed by atoms with Crippen LogP contribution in [0.2, 0.25) is 0 Å². The Morgan fingerprint density at radius 3 is 1.13 bits per heavy atom. The quantitative estimate of drug-likeness (QED) is 0.0321. The second-order valence-electron chi connectivity index (χ2n) is 19.3. The minimum atomic E-state index is -0.856. The Kier molecular flexibility index (Phi) is 51.6. The largest absolute Gasteiger partial charge is 0.466 e. The van der Waals surface area contributed by atoms with E-state index in [2.05, 4.69) is 31.3 Å². The maximum Gasteiger partial charge on any atom is 0.305 e. The Hall–Kier alpha value is -1.66. The minimum absolute atomic E-state index is 0.0156. The number of esters is 1. The van der Waals surface area contributed by atoms with Gasteiger partial charge in [0.15, 0.2) is 0 Å². The fourth-order valence-electron chi connectivity index (χ4n) is 8.63. The molecule has 0 spiro atoms. The monoisotopic (exact) mass is 888 g/mol. The van der Waals surface area contributed by atoms with E-state index in [1.54, 1.807) is 6.08 Å². The van der Waals surface area contributed by atoms with Gasteiger partial charge in [0.2, 0.25) is 5.91 Å². The Morgan fingerprint density at radius 1 is 0.429 bits per heavy atom. The van der Waals surface area contributed by atoms with Crippen molar-refractivity contribution in [3.63, 3.8) is 0 Å². The molecule has 6 nitrogen and oxygen atoms in total. The van der Waals surface area contributed by atoms with Crippen LogP contribution in [0.25, 0.3) is 0 Å². The minimum Gasteiger partial charge on any atom is -0.466 e. The molecule has 0 saturated carbocycles.